The van der Waals surface area contributed by atoms with Crippen molar-refractivity contribution in [3.8, 4) is 11.4 Å². The van der Waals surface area contributed by atoms with E-state index < -0.39 is 0 Å². The molecule has 3 amide bonds. The molecule has 2 heterocycles. The lowest BCUT2D eigenvalue weighted by Gasteiger charge is -2.19. The second kappa shape index (κ2) is 8.44. The van der Waals surface area contributed by atoms with Crippen molar-refractivity contribution in [1.29, 1.82) is 0 Å². The molecule has 0 unspecified atom stereocenters. The van der Waals surface area contributed by atoms with Crippen LogP contribution in [0.1, 0.15) is 29.8 Å². The number of aromatic nitrogens is 2. The summed E-state index contributed by atoms with van der Waals surface area (Å²) in [5.41, 5.74) is 7.63. The summed E-state index contributed by atoms with van der Waals surface area (Å²) in [7, 11) is 0. The highest BCUT2D eigenvalue weighted by atomic mass is 16.2. The summed E-state index contributed by atoms with van der Waals surface area (Å²) in [6.07, 6.45) is 2.98. The Morgan fingerprint density at radius 2 is 1.90 bits per heavy atom. The number of nitrogens with zero attached hydrogens (tertiary/aromatic N) is 3. The summed E-state index contributed by atoms with van der Waals surface area (Å²) in [6, 6.07) is 8.75. The van der Waals surface area contributed by atoms with Crippen molar-refractivity contribution in [1.82, 2.24) is 25.5 Å². The zero-order valence-electron chi connectivity index (χ0n) is 16.1. The van der Waals surface area contributed by atoms with E-state index in [4.69, 9.17) is 5.73 Å². The number of benzene rings is 1. The van der Waals surface area contributed by atoms with Gasteiger partial charge < -0.3 is 26.6 Å². The molecule has 9 nitrogen and oxygen atoms in total. The van der Waals surface area contributed by atoms with Gasteiger partial charge in [-0.3, -0.25) is 4.79 Å². The topological polar surface area (TPSA) is 125 Å². The Morgan fingerprint density at radius 3 is 2.66 bits per heavy atom. The fraction of sp³-hybridized carbons (Fsp3) is 0.400. The van der Waals surface area contributed by atoms with Gasteiger partial charge in [-0.1, -0.05) is 0 Å². The first kappa shape index (κ1) is 19.1. The summed E-state index contributed by atoms with van der Waals surface area (Å²) in [4.78, 5) is 35.2. The number of rotatable bonds is 4. The quantitative estimate of drug-likeness (QED) is 0.621. The van der Waals surface area contributed by atoms with Crippen molar-refractivity contribution in [3.05, 3.63) is 36.0 Å². The molecule has 2 aromatic rings. The van der Waals surface area contributed by atoms with Crippen LogP contribution in [0.2, 0.25) is 0 Å². The van der Waals surface area contributed by atoms with Gasteiger partial charge in [0.25, 0.3) is 5.91 Å². The summed E-state index contributed by atoms with van der Waals surface area (Å²) in [5.74, 6) is 0.492. The number of nitrogens with one attached hydrogen (secondary N) is 3. The van der Waals surface area contributed by atoms with Gasteiger partial charge in [0.1, 0.15) is 11.5 Å². The minimum atomic E-state index is -0.208. The largest absolute Gasteiger partial charge is 0.384 e. The van der Waals surface area contributed by atoms with Gasteiger partial charge in [0.2, 0.25) is 0 Å². The number of nitrogens with two attached hydrogens (primary N) is 1. The molecular formula is C20H25N7O2. The van der Waals surface area contributed by atoms with Crippen molar-refractivity contribution in [2.24, 2.45) is 0 Å². The first-order chi connectivity index (χ1) is 14.1. The second-order valence-electron chi connectivity index (χ2n) is 7.35. The van der Waals surface area contributed by atoms with Crippen LogP contribution in [-0.4, -0.2) is 59.0 Å². The van der Waals surface area contributed by atoms with Gasteiger partial charge in [-0.2, -0.15) is 0 Å². The Hall–Kier alpha value is -3.20. The fourth-order valence-corrected chi connectivity index (χ4v) is 3.20. The molecule has 1 aromatic carbocycles. The third-order valence-corrected chi connectivity index (χ3v) is 4.91. The first-order valence-electron chi connectivity index (χ1n) is 9.91. The van der Waals surface area contributed by atoms with Gasteiger partial charge in [0.05, 0.1) is 0 Å². The van der Waals surface area contributed by atoms with E-state index in [1.165, 1.54) is 6.07 Å². The van der Waals surface area contributed by atoms with Crippen molar-refractivity contribution < 1.29 is 9.59 Å². The predicted molar refractivity (Wildman–Crippen MR) is 110 cm³/mol. The van der Waals surface area contributed by atoms with Gasteiger partial charge in [-0.15, -0.1) is 0 Å². The van der Waals surface area contributed by atoms with E-state index in [2.05, 4.69) is 25.9 Å². The normalized spacial score (nSPS) is 16.8. The highest BCUT2D eigenvalue weighted by molar-refractivity contribution is 5.93. The monoisotopic (exact) mass is 395 g/mol. The molecule has 29 heavy (non-hydrogen) atoms. The third-order valence-electron chi connectivity index (χ3n) is 4.91. The Kier molecular flexibility index (Phi) is 5.57. The number of urea groups is 1. The van der Waals surface area contributed by atoms with Crippen LogP contribution in [0.4, 0.5) is 16.3 Å². The number of hydrogen-bond acceptors (Lipinski definition) is 6. The summed E-state index contributed by atoms with van der Waals surface area (Å²) >= 11 is 0. The SMILES string of the molecule is Nc1cc(C(=O)N2CCCNCC2)nc(-c2ccc(NC(=O)NC3CC3)cc2)n1. The molecule has 1 aromatic heterocycles. The molecule has 4 rings (SSSR count). The smallest absolute Gasteiger partial charge is 0.319 e. The minimum Gasteiger partial charge on any atom is -0.384 e. The van der Waals surface area contributed by atoms with Crippen LogP contribution in [0.15, 0.2) is 30.3 Å². The average molecular weight is 395 g/mol. The van der Waals surface area contributed by atoms with Crippen molar-refractivity contribution >= 4 is 23.4 Å². The summed E-state index contributed by atoms with van der Waals surface area (Å²) in [6.45, 7) is 3.00. The molecule has 0 atom stereocenters. The molecule has 1 aliphatic heterocycles. The number of nitrogen functional groups attached to an aromatic ring is 1. The molecule has 2 aliphatic rings. The molecule has 0 radical (unpaired) electrons. The van der Waals surface area contributed by atoms with Gasteiger partial charge in [-0.05, 0) is 50.1 Å². The highest BCUT2D eigenvalue weighted by Crippen LogP contribution is 2.21. The van der Waals surface area contributed by atoms with Crippen LogP contribution >= 0.6 is 0 Å². The number of anilines is 2. The predicted octanol–water partition coefficient (Wildman–Crippen LogP) is 1.45. The molecule has 1 saturated carbocycles. The van der Waals surface area contributed by atoms with Crippen LogP contribution in [0.5, 0.6) is 0 Å². The van der Waals surface area contributed by atoms with Crippen molar-refractivity contribution in [3.63, 3.8) is 0 Å². The Labute approximate surface area is 169 Å². The van der Waals surface area contributed by atoms with Crippen molar-refractivity contribution in [2.45, 2.75) is 25.3 Å². The molecule has 9 heteroatoms. The Bertz CT molecular complexity index is 888. The van der Waals surface area contributed by atoms with Gasteiger partial charge in [0.15, 0.2) is 5.82 Å². The lowest BCUT2D eigenvalue weighted by Crippen LogP contribution is -2.34. The maximum atomic E-state index is 12.9. The third kappa shape index (κ3) is 5.00. The first-order valence-corrected chi connectivity index (χ1v) is 9.91. The van der Waals surface area contributed by atoms with Gasteiger partial charge in [0, 0.05) is 43.0 Å². The lowest BCUT2D eigenvalue weighted by molar-refractivity contribution is 0.0760. The molecule has 0 spiro atoms. The van der Waals surface area contributed by atoms with Crippen LogP contribution < -0.4 is 21.7 Å². The zero-order valence-corrected chi connectivity index (χ0v) is 16.1. The van der Waals surface area contributed by atoms with Crippen LogP contribution in [-0.2, 0) is 0 Å². The number of amides is 3. The van der Waals surface area contributed by atoms with E-state index in [1.54, 1.807) is 29.2 Å². The maximum Gasteiger partial charge on any atom is 0.319 e. The summed E-state index contributed by atoms with van der Waals surface area (Å²) < 4.78 is 0. The van der Waals surface area contributed by atoms with E-state index in [9.17, 15) is 9.59 Å². The standard InChI is InChI=1S/C20H25N7O2/c21-17-12-16(19(28)27-10-1-8-22-9-11-27)25-18(26-17)13-2-4-14(5-3-13)23-20(29)24-15-6-7-15/h2-5,12,15,22H,1,6-11H2,(H2,21,25,26)(H2,23,24,29). The Morgan fingerprint density at radius 1 is 1.10 bits per heavy atom. The Balaban J connectivity index is 1.49. The highest BCUT2D eigenvalue weighted by Gasteiger charge is 2.23. The molecule has 1 saturated heterocycles. The second-order valence-corrected chi connectivity index (χ2v) is 7.35. The molecule has 152 valence electrons. The molecular weight excluding hydrogens is 370 g/mol. The zero-order chi connectivity index (χ0) is 20.2. The summed E-state index contributed by atoms with van der Waals surface area (Å²) in [5, 5.41) is 8.95. The number of carbonyl (C=O) groups is 2. The molecule has 2 fully saturated rings. The van der Waals surface area contributed by atoms with Gasteiger partial charge in [-0.25, -0.2) is 14.8 Å². The lowest BCUT2D eigenvalue weighted by atomic mass is 10.2. The van der Waals surface area contributed by atoms with E-state index in [-0.39, 0.29) is 17.8 Å². The average Bonchev–Trinajstić information content (AvgIpc) is 3.54. The fourth-order valence-electron chi connectivity index (χ4n) is 3.20. The van der Waals surface area contributed by atoms with Crippen LogP contribution in [0.25, 0.3) is 11.4 Å². The van der Waals surface area contributed by atoms with E-state index in [1.807, 2.05) is 0 Å². The number of carbonyl (C=O) groups excluding carboxylic acids is 2. The van der Waals surface area contributed by atoms with Crippen LogP contribution in [0.3, 0.4) is 0 Å². The number of hydrogen-bond donors (Lipinski definition) is 4. The van der Waals surface area contributed by atoms with Crippen LogP contribution in [0, 0.1) is 0 Å². The van der Waals surface area contributed by atoms with Gasteiger partial charge >= 0.3 is 6.03 Å². The minimum absolute atomic E-state index is 0.140. The molecule has 0 bridgehead atoms. The van der Waals surface area contributed by atoms with Crippen molar-refractivity contribution in [2.75, 3.05) is 37.2 Å². The molecule has 5 N–H and O–H groups in total. The maximum absolute atomic E-state index is 12.9. The van der Waals surface area contributed by atoms with E-state index >= 15 is 0 Å². The molecule has 1 aliphatic carbocycles. The van der Waals surface area contributed by atoms with E-state index in [0.29, 0.717) is 36.3 Å². The van der Waals surface area contributed by atoms with E-state index in [0.717, 1.165) is 37.9 Å².